The number of amides is 3. The van der Waals surface area contributed by atoms with Crippen molar-refractivity contribution in [3.63, 3.8) is 0 Å². The van der Waals surface area contributed by atoms with E-state index in [0.717, 1.165) is 5.70 Å². The van der Waals surface area contributed by atoms with Gasteiger partial charge in [0.1, 0.15) is 0 Å². The van der Waals surface area contributed by atoms with Gasteiger partial charge in [-0.3, -0.25) is 5.32 Å². The van der Waals surface area contributed by atoms with Gasteiger partial charge in [-0.25, -0.2) is 14.6 Å². The Morgan fingerprint density at radius 1 is 1.26 bits per heavy atom. The lowest BCUT2D eigenvalue weighted by molar-refractivity contribution is 0.172. The zero-order valence-electron chi connectivity index (χ0n) is 14.2. The lowest BCUT2D eigenvalue weighted by Crippen LogP contribution is -2.57. The van der Waals surface area contributed by atoms with E-state index >= 15 is 0 Å². The van der Waals surface area contributed by atoms with Gasteiger partial charge in [0.25, 0.3) is 0 Å². The van der Waals surface area contributed by atoms with Crippen molar-refractivity contribution in [2.24, 2.45) is 4.99 Å². The molecule has 128 valence electrons. The molecule has 0 atom stereocenters. The maximum Gasteiger partial charge on any atom is 0.405 e. The standard InChI is InChI=1S/C15H25N5O3/c1-9-7-10(2)17-11(16-9)18-12(21)19-14(3,4)8-15(5,6)20-13(22)23/h7,20H,1,8H2,2-6H3,(H,22,23)(H3,16,17,18,19,21). The van der Waals surface area contributed by atoms with Crippen LogP contribution < -0.4 is 21.3 Å². The van der Waals surface area contributed by atoms with Crippen LogP contribution in [0.1, 0.15) is 41.0 Å². The van der Waals surface area contributed by atoms with Gasteiger partial charge >= 0.3 is 12.1 Å². The quantitative estimate of drug-likeness (QED) is 0.543. The largest absolute Gasteiger partial charge is 0.465 e. The molecule has 5 N–H and O–H groups in total. The van der Waals surface area contributed by atoms with Crippen molar-refractivity contribution >= 4 is 18.1 Å². The number of carbonyl (C=O) groups is 2. The van der Waals surface area contributed by atoms with Crippen LogP contribution in [0.4, 0.5) is 9.59 Å². The van der Waals surface area contributed by atoms with Gasteiger partial charge in [0, 0.05) is 22.5 Å². The van der Waals surface area contributed by atoms with E-state index in [-0.39, 0.29) is 0 Å². The molecule has 0 aromatic carbocycles. The Bertz CT molecular complexity index is 576. The van der Waals surface area contributed by atoms with Gasteiger partial charge in [-0.05, 0) is 47.1 Å². The Balaban J connectivity index is 2.63. The first-order valence-corrected chi connectivity index (χ1v) is 7.22. The molecule has 0 radical (unpaired) electrons. The summed E-state index contributed by atoms with van der Waals surface area (Å²) in [5.41, 5.74) is 0.0539. The van der Waals surface area contributed by atoms with Crippen LogP contribution in [0.25, 0.3) is 0 Å². The zero-order valence-corrected chi connectivity index (χ0v) is 14.2. The number of carbonyl (C=O) groups excluding carboxylic acids is 1. The highest BCUT2D eigenvalue weighted by atomic mass is 16.4. The van der Waals surface area contributed by atoms with Crippen LogP contribution in [0.15, 0.2) is 29.0 Å². The number of urea groups is 1. The van der Waals surface area contributed by atoms with Crippen LogP contribution in [0.2, 0.25) is 0 Å². The minimum absolute atomic E-state index is 0.297. The van der Waals surface area contributed by atoms with E-state index in [1.54, 1.807) is 26.8 Å². The minimum Gasteiger partial charge on any atom is -0.465 e. The third-order valence-electron chi connectivity index (χ3n) is 2.96. The first-order valence-electron chi connectivity index (χ1n) is 7.22. The third kappa shape index (κ3) is 6.86. The molecule has 0 spiro atoms. The van der Waals surface area contributed by atoms with Crippen LogP contribution in [-0.2, 0) is 0 Å². The Morgan fingerprint density at radius 3 is 2.35 bits per heavy atom. The highest BCUT2D eigenvalue weighted by molar-refractivity contribution is 5.98. The zero-order chi connectivity index (χ0) is 17.8. The summed E-state index contributed by atoms with van der Waals surface area (Å²) in [6, 6.07) is -0.435. The SMILES string of the molecule is C=C1C=C(C)N=C(NC(=O)NC(C)(C)CC(C)(C)NC(=O)O)N1. The van der Waals surface area contributed by atoms with Gasteiger partial charge in [0.05, 0.1) is 0 Å². The van der Waals surface area contributed by atoms with E-state index in [2.05, 4.69) is 32.8 Å². The summed E-state index contributed by atoms with van der Waals surface area (Å²) < 4.78 is 0. The highest BCUT2D eigenvalue weighted by Gasteiger charge is 2.31. The molecule has 1 heterocycles. The maximum absolute atomic E-state index is 12.1. The van der Waals surface area contributed by atoms with Crippen LogP contribution >= 0.6 is 0 Å². The molecule has 0 aromatic rings. The fraction of sp³-hybridized carbons (Fsp3) is 0.533. The molecule has 1 aliphatic rings. The number of rotatable bonds is 4. The number of guanidine groups is 1. The molecule has 0 unspecified atom stereocenters. The molecule has 8 nitrogen and oxygen atoms in total. The molecule has 3 amide bonds. The highest BCUT2D eigenvalue weighted by Crippen LogP contribution is 2.19. The average molecular weight is 323 g/mol. The summed E-state index contributed by atoms with van der Waals surface area (Å²) in [6.45, 7) is 12.7. The lowest BCUT2D eigenvalue weighted by Gasteiger charge is -2.35. The number of allylic oxidation sites excluding steroid dienone is 2. The summed E-state index contributed by atoms with van der Waals surface area (Å²) in [5, 5.41) is 19.6. The number of hydrogen-bond donors (Lipinski definition) is 5. The number of nitrogens with one attached hydrogen (secondary N) is 4. The van der Waals surface area contributed by atoms with Gasteiger partial charge in [0.2, 0.25) is 5.96 Å². The van der Waals surface area contributed by atoms with Gasteiger partial charge in [-0.15, -0.1) is 0 Å². The van der Waals surface area contributed by atoms with Crippen molar-refractivity contribution in [2.45, 2.75) is 52.1 Å². The second-order valence-electron chi connectivity index (χ2n) is 6.85. The number of hydrogen-bond acceptors (Lipinski definition) is 4. The second-order valence-corrected chi connectivity index (χ2v) is 6.85. The Morgan fingerprint density at radius 2 is 1.83 bits per heavy atom. The Hall–Kier alpha value is -2.51. The van der Waals surface area contributed by atoms with E-state index in [1.807, 2.05) is 13.8 Å². The van der Waals surface area contributed by atoms with Gasteiger partial charge in [-0.2, -0.15) is 0 Å². The van der Waals surface area contributed by atoms with Crippen LogP contribution in [0.5, 0.6) is 0 Å². The monoisotopic (exact) mass is 323 g/mol. The fourth-order valence-electron chi connectivity index (χ4n) is 2.66. The summed E-state index contributed by atoms with van der Waals surface area (Å²) in [4.78, 5) is 27.1. The third-order valence-corrected chi connectivity index (χ3v) is 2.96. The molecule has 8 heteroatoms. The molecule has 0 saturated heterocycles. The molecule has 1 rings (SSSR count). The number of nitrogens with zero attached hydrogens (tertiary/aromatic N) is 1. The molecular formula is C15H25N5O3. The first-order chi connectivity index (χ1) is 10.4. The van der Waals surface area contributed by atoms with Gasteiger partial charge < -0.3 is 21.1 Å². The molecule has 23 heavy (non-hydrogen) atoms. The van der Waals surface area contributed by atoms with Crippen LogP contribution in [0, 0.1) is 0 Å². The predicted molar refractivity (Wildman–Crippen MR) is 89.1 cm³/mol. The van der Waals surface area contributed by atoms with E-state index < -0.39 is 23.2 Å². The summed E-state index contributed by atoms with van der Waals surface area (Å²) in [5.74, 6) is 0.297. The predicted octanol–water partition coefficient (Wildman–Crippen LogP) is 1.88. The lowest BCUT2D eigenvalue weighted by atomic mass is 9.87. The normalized spacial score (nSPS) is 15.1. The first kappa shape index (κ1) is 18.5. The molecular weight excluding hydrogens is 298 g/mol. The molecule has 0 saturated carbocycles. The Kier molecular flexibility index (Phi) is 5.42. The van der Waals surface area contributed by atoms with E-state index in [1.165, 1.54) is 0 Å². The van der Waals surface area contributed by atoms with Crippen molar-refractivity contribution < 1.29 is 14.7 Å². The average Bonchev–Trinajstić information content (AvgIpc) is 2.20. The van der Waals surface area contributed by atoms with Crippen LogP contribution in [0.3, 0.4) is 0 Å². The van der Waals surface area contributed by atoms with Gasteiger partial charge in [-0.1, -0.05) is 6.58 Å². The minimum atomic E-state index is -1.10. The molecule has 0 fully saturated rings. The fourth-order valence-corrected chi connectivity index (χ4v) is 2.66. The Labute approximate surface area is 136 Å². The van der Waals surface area contributed by atoms with Crippen molar-refractivity contribution in [2.75, 3.05) is 0 Å². The molecule has 0 bridgehead atoms. The van der Waals surface area contributed by atoms with Crippen LogP contribution in [-0.4, -0.2) is 34.3 Å². The smallest absolute Gasteiger partial charge is 0.405 e. The summed E-state index contributed by atoms with van der Waals surface area (Å²) in [7, 11) is 0. The van der Waals surface area contributed by atoms with Crippen molar-refractivity contribution in [3.8, 4) is 0 Å². The van der Waals surface area contributed by atoms with E-state index in [4.69, 9.17) is 5.11 Å². The molecule has 0 aliphatic carbocycles. The van der Waals surface area contributed by atoms with E-state index in [0.29, 0.717) is 18.1 Å². The van der Waals surface area contributed by atoms with Gasteiger partial charge in [0.15, 0.2) is 0 Å². The molecule has 0 aromatic heterocycles. The van der Waals surface area contributed by atoms with Crippen molar-refractivity contribution in [1.29, 1.82) is 0 Å². The van der Waals surface area contributed by atoms with Crippen molar-refractivity contribution in [3.05, 3.63) is 24.0 Å². The second kappa shape index (κ2) is 6.72. The number of aliphatic imine (C=N–C) groups is 1. The topological polar surface area (TPSA) is 115 Å². The maximum atomic E-state index is 12.1. The van der Waals surface area contributed by atoms with E-state index in [9.17, 15) is 9.59 Å². The summed E-state index contributed by atoms with van der Waals surface area (Å²) in [6.07, 6.45) is 1.06. The molecule has 1 aliphatic heterocycles. The van der Waals surface area contributed by atoms with Crippen molar-refractivity contribution in [1.82, 2.24) is 21.3 Å². The number of carboxylic acid groups (broad SMARTS) is 1. The summed E-state index contributed by atoms with van der Waals surface area (Å²) >= 11 is 0.